The third-order valence-corrected chi connectivity index (χ3v) is 2.97. The monoisotopic (exact) mass is 245 g/mol. The van der Waals surface area contributed by atoms with E-state index < -0.39 is 0 Å². The molecule has 0 saturated heterocycles. The predicted molar refractivity (Wildman–Crippen MR) is 75.9 cm³/mol. The molecule has 2 aromatic rings. The normalized spacial score (nSPS) is 10.8. The lowest BCUT2D eigenvalue weighted by Crippen LogP contribution is -2.27. The van der Waals surface area contributed by atoms with E-state index in [4.69, 9.17) is 10.5 Å². The SMILES string of the molecule is CCN(CCOC)c1ccc2cc(N)ccc2n1. The van der Waals surface area contributed by atoms with E-state index in [2.05, 4.69) is 22.9 Å². The van der Waals surface area contributed by atoms with E-state index in [1.54, 1.807) is 7.11 Å². The second-order valence-electron chi connectivity index (χ2n) is 4.19. The highest BCUT2D eigenvalue weighted by atomic mass is 16.5. The number of rotatable bonds is 5. The number of pyridine rings is 1. The van der Waals surface area contributed by atoms with Gasteiger partial charge in [0.15, 0.2) is 0 Å². The Morgan fingerprint density at radius 1 is 1.28 bits per heavy atom. The molecule has 0 aliphatic carbocycles. The second kappa shape index (κ2) is 5.69. The van der Waals surface area contributed by atoms with Gasteiger partial charge in [0.05, 0.1) is 12.1 Å². The zero-order valence-electron chi connectivity index (χ0n) is 10.9. The number of nitrogens with zero attached hydrogens (tertiary/aromatic N) is 2. The van der Waals surface area contributed by atoms with Crippen molar-refractivity contribution in [1.29, 1.82) is 0 Å². The lowest BCUT2D eigenvalue weighted by Gasteiger charge is -2.21. The largest absolute Gasteiger partial charge is 0.399 e. The van der Waals surface area contributed by atoms with Gasteiger partial charge in [0, 0.05) is 31.3 Å². The van der Waals surface area contributed by atoms with Crippen molar-refractivity contribution < 1.29 is 4.74 Å². The van der Waals surface area contributed by atoms with E-state index in [1.165, 1.54) is 0 Å². The van der Waals surface area contributed by atoms with Gasteiger partial charge >= 0.3 is 0 Å². The molecule has 18 heavy (non-hydrogen) atoms. The Morgan fingerprint density at radius 3 is 2.83 bits per heavy atom. The number of nitrogen functional groups attached to an aromatic ring is 1. The molecule has 96 valence electrons. The summed E-state index contributed by atoms with van der Waals surface area (Å²) in [4.78, 5) is 6.85. The van der Waals surface area contributed by atoms with Crippen LogP contribution in [0.25, 0.3) is 10.9 Å². The molecule has 0 atom stereocenters. The minimum atomic E-state index is 0.704. The topological polar surface area (TPSA) is 51.4 Å². The summed E-state index contributed by atoms with van der Waals surface area (Å²) in [5.74, 6) is 0.979. The summed E-state index contributed by atoms with van der Waals surface area (Å²) >= 11 is 0. The molecule has 0 bridgehead atoms. The number of hydrogen-bond donors (Lipinski definition) is 1. The van der Waals surface area contributed by atoms with Crippen LogP contribution < -0.4 is 10.6 Å². The van der Waals surface area contributed by atoms with Gasteiger partial charge in [0.1, 0.15) is 5.82 Å². The smallest absolute Gasteiger partial charge is 0.129 e. The average Bonchev–Trinajstić information content (AvgIpc) is 2.39. The van der Waals surface area contributed by atoms with Crippen molar-refractivity contribution in [2.75, 3.05) is 37.4 Å². The fraction of sp³-hybridized carbons (Fsp3) is 0.357. The minimum Gasteiger partial charge on any atom is -0.399 e. The van der Waals surface area contributed by atoms with Gasteiger partial charge in [0.25, 0.3) is 0 Å². The summed E-state index contributed by atoms with van der Waals surface area (Å²) < 4.78 is 5.11. The van der Waals surface area contributed by atoms with Gasteiger partial charge < -0.3 is 15.4 Å². The Labute approximate surface area is 107 Å². The molecule has 0 saturated carbocycles. The number of anilines is 2. The highest BCUT2D eigenvalue weighted by Gasteiger charge is 2.06. The lowest BCUT2D eigenvalue weighted by atomic mass is 10.2. The molecule has 2 N–H and O–H groups in total. The van der Waals surface area contributed by atoms with Gasteiger partial charge in [0.2, 0.25) is 0 Å². The summed E-state index contributed by atoms with van der Waals surface area (Å²) in [6.07, 6.45) is 0. The Morgan fingerprint density at radius 2 is 2.11 bits per heavy atom. The number of likely N-dealkylation sites (N-methyl/N-ethyl adjacent to an activating group) is 1. The summed E-state index contributed by atoms with van der Waals surface area (Å²) in [6.45, 7) is 4.58. The maximum Gasteiger partial charge on any atom is 0.129 e. The first kappa shape index (κ1) is 12.6. The van der Waals surface area contributed by atoms with E-state index in [1.807, 2.05) is 24.3 Å². The van der Waals surface area contributed by atoms with Crippen LogP contribution in [0.5, 0.6) is 0 Å². The maximum atomic E-state index is 5.76. The van der Waals surface area contributed by atoms with Crippen LogP contribution in [0.15, 0.2) is 30.3 Å². The van der Waals surface area contributed by atoms with Crippen LogP contribution in [0.1, 0.15) is 6.92 Å². The van der Waals surface area contributed by atoms with Gasteiger partial charge in [-0.15, -0.1) is 0 Å². The molecule has 0 amide bonds. The second-order valence-corrected chi connectivity index (χ2v) is 4.19. The maximum absolute atomic E-state index is 5.76. The molecule has 1 aromatic carbocycles. The van der Waals surface area contributed by atoms with Crippen molar-refractivity contribution >= 4 is 22.4 Å². The van der Waals surface area contributed by atoms with Gasteiger partial charge in [-0.2, -0.15) is 0 Å². The van der Waals surface area contributed by atoms with Crippen molar-refractivity contribution in [1.82, 2.24) is 4.98 Å². The van der Waals surface area contributed by atoms with Gasteiger partial charge in [-0.3, -0.25) is 0 Å². The van der Waals surface area contributed by atoms with Crippen molar-refractivity contribution in [3.8, 4) is 0 Å². The quantitative estimate of drug-likeness (QED) is 0.821. The summed E-state index contributed by atoms with van der Waals surface area (Å²) in [7, 11) is 1.71. The Balaban J connectivity index is 2.30. The molecule has 1 heterocycles. The third-order valence-electron chi connectivity index (χ3n) is 2.97. The summed E-state index contributed by atoms with van der Waals surface area (Å²) in [5.41, 5.74) is 7.50. The van der Waals surface area contributed by atoms with Crippen molar-refractivity contribution in [3.05, 3.63) is 30.3 Å². The molecule has 0 aliphatic heterocycles. The van der Waals surface area contributed by atoms with E-state index in [0.29, 0.717) is 6.61 Å². The fourth-order valence-electron chi connectivity index (χ4n) is 1.95. The number of aromatic nitrogens is 1. The molecular weight excluding hydrogens is 226 g/mol. The first-order valence-electron chi connectivity index (χ1n) is 6.14. The molecule has 0 unspecified atom stereocenters. The van der Waals surface area contributed by atoms with Crippen LogP contribution in [-0.4, -0.2) is 31.8 Å². The van der Waals surface area contributed by atoms with Crippen molar-refractivity contribution in [2.45, 2.75) is 6.92 Å². The number of fused-ring (bicyclic) bond motifs is 1. The van der Waals surface area contributed by atoms with Crippen LogP contribution in [-0.2, 0) is 4.74 Å². The van der Waals surface area contributed by atoms with E-state index in [9.17, 15) is 0 Å². The van der Waals surface area contributed by atoms with Crippen molar-refractivity contribution in [3.63, 3.8) is 0 Å². The summed E-state index contributed by atoms with van der Waals surface area (Å²) in [5, 5.41) is 1.07. The van der Waals surface area contributed by atoms with Gasteiger partial charge in [-0.25, -0.2) is 4.98 Å². The molecule has 1 aromatic heterocycles. The Bertz CT molecular complexity index is 527. The summed E-state index contributed by atoms with van der Waals surface area (Å²) in [6, 6.07) is 9.87. The van der Waals surface area contributed by atoms with E-state index >= 15 is 0 Å². The van der Waals surface area contributed by atoms with E-state index in [-0.39, 0.29) is 0 Å². The Hall–Kier alpha value is -1.81. The van der Waals surface area contributed by atoms with Gasteiger partial charge in [-0.1, -0.05) is 0 Å². The zero-order valence-corrected chi connectivity index (χ0v) is 10.9. The molecule has 4 nitrogen and oxygen atoms in total. The lowest BCUT2D eigenvalue weighted by molar-refractivity contribution is 0.205. The first-order valence-corrected chi connectivity index (χ1v) is 6.14. The standard InChI is InChI=1S/C14H19N3O/c1-3-17(8-9-18-2)14-7-4-11-10-12(15)5-6-13(11)16-14/h4-7,10H,3,8-9,15H2,1-2H3. The van der Waals surface area contributed by atoms with E-state index in [0.717, 1.165) is 35.5 Å². The van der Waals surface area contributed by atoms with Crippen LogP contribution in [0.4, 0.5) is 11.5 Å². The average molecular weight is 245 g/mol. The third kappa shape index (κ3) is 2.71. The molecule has 0 aliphatic rings. The highest BCUT2D eigenvalue weighted by Crippen LogP contribution is 2.20. The molecule has 0 radical (unpaired) electrons. The van der Waals surface area contributed by atoms with Gasteiger partial charge in [-0.05, 0) is 37.3 Å². The first-order chi connectivity index (χ1) is 8.74. The number of nitrogens with two attached hydrogens (primary N) is 1. The molecule has 0 spiro atoms. The van der Waals surface area contributed by atoms with Crippen LogP contribution in [0.2, 0.25) is 0 Å². The molecular formula is C14H19N3O. The van der Waals surface area contributed by atoms with Crippen LogP contribution in [0.3, 0.4) is 0 Å². The minimum absolute atomic E-state index is 0.704. The van der Waals surface area contributed by atoms with Crippen LogP contribution >= 0.6 is 0 Å². The number of benzene rings is 1. The number of ether oxygens (including phenoxy) is 1. The molecule has 0 fully saturated rings. The number of methoxy groups -OCH3 is 1. The fourth-order valence-corrected chi connectivity index (χ4v) is 1.95. The predicted octanol–water partition coefficient (Wildman–Crippen LogP) is 2.29. The molecule has 4 heteroatoms. The number of hydrogen-bond acceptors (Lipinski definition) is 4. The Kier molecular flexibility index (Phi) is 3.99. The molecule has 2 rings (SSSR count). The van der Waals surface area contributed by atoms with Crippen molar-refractivity contribution in [2.24, 2.45) is 0 Å². The highest BCUT2D eigenvalue weighted by molar-refractivity contribution is 5.83. The van der Waals surface area contributed by atoms with Crippen LogP contribution in [0, 0.1) is 0 Å². The zero-order chi connectivity index (χ0) is 13.0.